The molecule has 10 heteroatoms. The van der Waals surface area contributed by atoms with Gasteiger partial charge >= 0.3 is 6.09 Å². The van der Waals surface area contributed by atoms with Crippen LogP contribution in [0, 0.1) is 11.2 Å². The van der Waals surface area contributed by atoms with E-state index in [9.17, 15) is 18.8 Å². The summed E-state index contributed by atoms with van der Waals surface area (Å²) in [4.78, 5) is 50.3. The minimum Gasteiger partial charge on any atom is -0.445 e. The molecule has 3 amide bonds. The number of nitrogens with one attached hydrogen (secondary N) is 2. The molecule has 47 heavy (non-hydrogen) atoms. The summed E-state index contributed by atoms with van der Waals surface area (Å²) in [6.45, 7) is 9.05. The lowest BCUT2D eigenvalue weighted by Gasteiger charge is -2.38. The van der Waals surface area contributed by atoms with Crippen LogP contribution < -0.4 is 5.32 Å². The first-order valence-corrected chi connectivity index (χ1v) is 17.0. The molecule has 252 valence electrons. The molecule has 1 aliphatic carbocycles. The van der Waals surface area contributed by atoms with E-state index in [0.29, 0.717) is 12.6 Å². The van der Waals surface area contributed by atoms with Crippen LogP contribution in [-0.4, -0.2) is 87.9 Å². The van der Waals surface area contributed by atoms with Crippen molar-refractivity contribution in [2.45, 2.75) is 103 Å². The molecular formula is C37H48FN5O4. The lowest BCUT2D eigenvalue weighted by Crippen LogP contribution is -2.59. The number of hydrogen-bond donors (Lipinski definition) is 2. The normalized spacial score (nSPS) is 23.1. The van der Waals surface area contributed by atoms with Crippen LogP contribution in [-0.2, 0) is 20.9 Å². The standard InChI is InChI=1S/C37H48FN5O4/c1-23(41(5)36(46)47-22-24-11-7-6-8-12-24)34(44)40-33(37(2,3)4)35(45)42-18-17-31-32(42)29(21-43(31)26-13-9-10-14-26)28-20-39-30-19-25(38)15-16-27(28)30/h6-8,11-12,15-16,19-20,23,26,29,31-33,39H,9-10,13-14,17-18,21-22H2,1-5H3,(H,40,44)/t23-,29-,31+,32+,33+/m0/s1. The fourth-order valence-corrected chi connectivity index (χ4v) is 7.97. The van der Waals surface area contributed by atoms with Gasteiger partial charge in [0.1, 0.15) is 24.5 Å². The van der Waals surface area contributed by atoms with Gasteiger partial charge in [0.15, 0.2) is 0 Å². The second-order valence-electron chi connectivity index (χ2n) is 14.7. The van der Waals surface area contributed by atoms with E-state index < -0.39 is 29.5 Å². The van der Waals surface area contributed by atoms with E-state index in [-0.39, 0.29) is 36.3 Å². The third kappa shape index (κ3) is 6.62. The van der Waals surface area contributed by atoms with Crippen LogP contribution in [0.1, 0.15) is 76.8 Å². The lowest BCUT2D eigenvalue weighted by atomic mass is 9.84. The van der Waals surface area contributed by atoms with Gasteiger partial charge in [0.25, 0.3) is 0 Å². The zero-order valence-electron chi connectivity index (χ0n) is 28.2. The summed E-state index contributed by atoms with van der Waals surface area (Å²) in [5.74, 6) is -0.757. The minimum atomic E-state index is -0.856. The van der Waals surface area contributed by atoms with E-state index in [1.165, 1.54) is 49.8 Å². The smallest absolute Gasteiger partial charge is 0.410 e. The predicted molar refractivity (Wildman–Crippen MR) is 179 cm³/mol. The molecule has 3 fully saturated rings. The van der Waals surface area contributed by atoms with Crippen molar-refractivity contribution < 1.29 is 23.5 Å². The number of benzene rings is 2. The van der Waals surface area contributed by atoms with Crippen molar-refractivity contribution in [3.8, 4) is 0 Å². The molecule has 2 aliphatic heterocycles. The van der Waals surface area contributed by atoms with E-state index in [1.54, 1.807) is 6.92 Å². The van der Waals surface area contributed by atoms with Crippen LogP contribution >= 0.6 is 0 Å². The van der Waals surface area contributed by atoms with Crippen LogP contribution in [0.25, 0.3) is 10.9 Å². The van der Waals surface area contributed by atoms with Crippen molar-refractivity contribution in [2.75, 3.05) is 20.1 Å². The summed E-state index contributed by atoms with van der Waals surface area (Å²) < 4.78 is 19.5. The molecule has 9 nitrogen and oxygen atoms in total. The van der Waals surface area contributed by atoms with Gasteiger partial charge in [0, 0.05) is 55.2 Å². The highest BCUT2D eigenvalue weighted by Crippen LogP contribution is 2.46. The number of carbonyl (C=O) groups excluding carboxylic acids is 3. The Morgan fingerprint density at radius 1 is 1.09 bits per heavy atom. The fraction of sp³-hybridized carbons (Fsp3) is 0.541. The highest BCUT2D eigenvalue weighted by Gasteiger charge is 2.54. The molecule has 5 atom stereocenters. The number of halogens is 1. The van der Waals surface area contributed by atoms with E-state index in [4.69, 9.17) is 4.74 Å². The summed E-state index contributed by atoms with van der Waals surface area (Å²) in [5, 5.41) is 4.02. The largest absolute Gasteiger partial charge is 0.445 e. The summed E-state index contributed by atoms with van der Waals surface area (Å²) in [5.41, 5.74) is 2.13. The predicted octanol–water partition coefficient (Wildman–Crippen LogP) is 5.81. The number of likely N-dealkylation sites (N-methyl/N-ethyl adjacent to an activating group) is 1. The summed E-state index contributed by atoms with van der Waals surface area (Å²) >= 11 is 0. The molecule has 3 aliphatic rings. The molecular weight excluding hydrogens is 597 g/mol. The second-order valence-corrected chi connectivity index (χ2v) is 14.7. The maximum Gasteiger partial charge on any atom is 0.410 e. The summed E-state index contributed by atoms with van der Waals surface area (Å²) in [6.07, 6.45) is 7.04. The monoisotopic (exact) mass is 645 g/mol. The van der Waals surface area contributed by atoms with Crippen molar-refractivity contribution in [2.24, 2.45) is 5.41 Å². The van der Waals surface area contributed by atoms with E-state index in [2.05, 4.69) is 15.2 Å². The van der Waals surface area contributed by atoms with Gasteiger partial charge in [-0.25, -0.2) is 9.18 Å². The number of fused-ring (bicyclic) bond motifs is 2. The number of rotatable bonds is 8. The van der Waals surface area contributed by atoms with Gasteiger partial charge in [-0.2, -0.15) is 0 Å². The Hall–Kier alpha value is -3.92. The maximum atomic E-state index is 14.6. The third-order valence-corrected chi connectivity index (χ3v) is 10.7. The van der Waals surface area contributed by atoms with Crippen molar-refractivity contribution >= 4 is 28.8 Å². The molecule has 3 heterocycles. The number of likely N-dealkylation sites (tertiary alicyclic amines) is 2. The molecule has 1 saturated carbocycles. The fourth-order valence-electron chi connectivity index (χ4n) is 7.97. The van der Waals surface area contributed by atoms with Crippen LogP contribution in [0.15, 0.2) is 54.7 Å². The Balaban J connectivity index is 1.21. The highest BCUT2D eigenvalue weighted by molar-refractivity contribution is 5.92. The summed E-state index contributed by atoms with van der Waals surface area (Å²) in [7, 11) is 1.53. The van der Waals surface area contributed by atoms with E-state index >= 15 is 0 Å². The second kappa shape index (κ2) is 13.3. The Labute approximate surface area is 276 Å². The Kier molecular flexibility index (Phi) is 9.34. The molecule has 1 aromatic heterocycles. The highest BCUT2D eigenvalue weighted by atomic mass is 19.1. The molecule has 2 saturated heterocycles. The summed E-state index contributed by atoms with van der Waals surface area (Å²) in [6, 6.07) is 13.2. The number of carbonyl (C=O) groups is 3. The number of amides is 3. The Morgan fingerprint density at radius 3 is 2.51 bits per heavy atom. The Bertz CT molecular complexity index is 1600. The topological polar surface area (TPSA) is 98.0 Å². The van der Waals surface area contributed by atoms with Crippen molar-refractivity contribution in [1.82, 2.24) is 25.0 Å². The number of aromatic nitrogens is 1. The van der Waals surface area contributed by atoms with Crippen LogP contribution in [0.4, 0.5) is 9.18 Å². The van der Waals surface area contributed by atoms with E-state index in [1.807, 2.05) is 68.3 Å². The first kappa shape index (κ1) is 33.0. The van der Waals surface area contributed by atoms with Crippen molar-refractivity contribution in [1.29, 1.82) is 0 Å². The SMILES string of the molecule is C[C@@H](C(=O)N[C@H](C(=O)N1CC[C@@H]2[C@H]1[C@H](c1c[nH]c3cc(F)ccc13)CN2C1CCCC1)C(C)(C)C)N(C)C(=O)OCc1ccccc1. The third-order valence-electron chi connectivity index (χ3n) is 10.7. The minimum absolute atomic E-state index is 0.0482. The van der Waals surface area contributed by atoms with Gasteiger partial charge in [0.05, 0.1) is 6.04 Å². The van der Waals surface area contributed by atoms with Crippen LogP contribution in [0.5, 0.6) is 0 Å². The average molecular weight is 646 g/mol. The lowest BCUT2D eigenvalue weighted by molar-refractivity contribution is -0.141. The zero-order valence-corrected chi connectivity index (χ0v) is 28.2. The molecule has 0 unspecified atom stereocenters. The first-order chi connectivity index (χ1) is 22.4. The van der Waals surface area contributed by atoms with Crippen molar-refractivity contribution in [3.63, 3.8) is 0 Å². The molecule has 6 rings (SSSR count). The molecule has 2 aromatic carbocycles. The van der Waals surface area contributed by atoms with Crippen LogP contribution in [0.3, 0.4) is 0 Å². The van der Waals surface area contributed by atoms with Gasteiger partial charge in [-0.05, 0) is 60.9 Å². The Morgan fingerprint density at radius 2 is 1.81 bits per heavy atom. The van der Waals surface area contributed by atoms with Gasteiger partial charge in [-0.15, -0.1) is 0 Å². The number of nitrogens with zero attached hydrogens (tertiary/aromatic N) is 3. The maximum absolute atomic E-state index is 14.6. The number of aromatic amines is 1. The van der Waals surface area contributed by atoms with Crippen LogP contribution in [0.2, 0.25) is 0 Å². The number of H-pyrrole nitrogens is 1. The first-order valence-electron chi connectivity index (χ1n) is 17.0. The number of ether oxygens (including phenoxy) is 1. The quantitative estimate of drug-likeness (QED) is 0.323. The number of hydrogen-bond acceptors (Lipinski definition) is 5. The van der Waals surface area contributed by atoms with Gasteiger partial charge < -0.3 is 19.9 Å². The van der Waals surface area contributed by atoms with E-state index in [0.717, 1.165) is 35.0 Å². The van der Waals surface area contributed by atoms with Crippen molar-refractivity contribution in [3.05, 3.63) is 71.7 Å². The molecule has 0 bridgehead atoms. The van der Waals surface area contributed by atoms with Gasteiger partial charge in [0.2, 0.25) is 11.8 Å². The van der Waals surface area contributed by atoms with Gasteiger partial charge in [-0.1, -0.05) is 63.9 Å². The molecule has 0 spiro atoms. The average Bonchev–Trinajstić information content (AvgIpc) is 3.86. The molecule has 3 aromatic rings. The molecule has 2 N–H and O–H groups in total. The zero-order chi connectivity index (χ0) is 33.5. The molecule has 0 radical (unpaired) electrons. The van der Waals surface area contributed by atoms with Gasteiger partial charge in [-0.3, -0.25) is 19.4 Å².